The molecule has 1 N–H and O–H groups in total. The second-order valence-corrected chi connectivity index (χ2v) is 11.5. The highest BCUT2D eigenvalue weighted by Gasteiger charge is 2.32. The van der Waals surface area contributed by atoms with Gasteiger partial charge in [-0.1, -0.05) is 60.9 Å². The summed E-state index contributed by atoms with van der Waals surface area (Å²) >= 11 is 0. The predicted octanol–water partition coefficient (Wildman–Crippen LogP) is 4.97. The lowest BCUT2D eigenvalue weighted by atomic mass is 10.1. The van der Waals surface area contributed by atoms with Crippen LogP contribution in [0.5, 0.6) is 0 Å². The molecule has 0 aliphatic carbocycles. The van der Waals surface area contributed by atoms with Crippen LogP contribution in [0.3, 0.4) is 0 Å². The molecule has 0 unspecified atom stereocenters. The van der Waals surface area contributed by atoms with E-state index in [0.29, 0.717) is 17.8 Å². The fourth-order valence-electron chi connectivity index (χ4n) is 3.98. The molecule has 0 aliphatic heterocycles. The highest BCUT2D eigenvalue weighted by molar-refractivity contribution is 7.92. The van der Waals surface area contributed by atoms with E-state index in [-0.39, 0.29) is 17.3 Å². The maximum absolute atomic E-state index is 13.8. The smallest absolute Gasteiger partial charge is 0.264 e. The van der Waals surface area contributed by atoms with Crippen LogP contribution in [0.1, 0.15) is 43.4 Å². The van der Waals surface area contributed by atoms with Crippen molar-refractivity contribution in [2.45, 2.75) is 58.0 Å². The lowest BCUT2D eigenvalue weighted by molar-refractivity contribution is -0.139. The number of hydrogen-bond acceptors (Lipinski definition) is 4. The van der Waals surface area contributed by atoms with Gasteiger partial charge < -0.3 is 10.2 Å². The number of amides is 2. The van der Waals surface area contributed by atoms with E-state index in [2.05, 4.69) is 5.32 Å². The van der Waals surface area contributed by atoms with Gasteiger partial charge in [0.1, 0.15) is 18.4 Å². The molecule has 208 valence electrons. The molecule has 1 atom stereocenters. The molecule has 0 aromatic heterocycles. The van der Waals surface area contributed by atoms with E-state index in [0.717, 1.165) is 28.3 Å². The molecular weight excluding hydrogens is 517 g/mol. The third-order valence-corrected chi connectivity index (χ3v) is 8.26. The minimum Gasteiger partial charge on any atom is -0.354 e. The Morgan fingerprint density at radius 2 is 1.46 bits per heavy atom. The summed E-state index contributed by atoms with van der Waals surface area (Å²) in [7, 11) is -4.12. The van der Waals surface area contributed by atoms with Gasteiger partial charge in [-0.05, 0) is 69.2 Å². The van der Waals surface area contributed by atoms with Crippen molar-refractivity contribution in [2.75, 3.05) is 17.4 Å². The topological polar surface area (TPSA) is 86.8 Å². The number of nitrogens with one attached hydrogen (secondary N) is 1. The predicted molar refractivity (Wildman–Crippen MR) is 151 cm³/mol. The highest BCUT2D eigenvalue weighted by atomic mass is 32.2. The molecule has 0 radical (unpaired) electrons. The van der Waals surface area contributed by atoms with Crippen LogP contribution < -0.4 is 9.62 Å². The Kier molecular flexibility index (Phi) is 10.2. The van der Waals surface area contributed by atoms with Crippen molar-refractivity contribution in [2.24, 2.45) is 0 Å². The van der Waals surface area contributed by atoms with E-state index in [9.17, 15) is 22.4 Å². The third-order valence-electron chi connectivity index (χ3n) is 6.47. The van der Waals surface area contributed by atoms with E-state index in [4.69, 9.17) is 0 Å². The molecule has 0 aliphatic rings. The lowest BCUT2D eigenvalue weighted by Crippen LogP contribution is -2.51. The standard InChI is InChI=1S/C30H36FN3O4S/c1-5-6-19-32-30(36)24(4)33(20-25-11-13-26(31)14-12-25)29(35)21-34(27-15-7-22(2)8-16-27)39(37,38)28-17-9-23(3)10-18-28/h7-18,24H,5-6,19-21H2,1-4H3,(H,32,36)/t24-/m0/s1. The zero-order valence-corrected chi connectivity index (χ0v) is 23.7. The number of sulfonamides is 1. The van der Waals surface area contributed by atoms with Crippen molar-refractivity contribution in [3.05, 3.63) is 95.3 Å². The number of halogens is 1. The molecule has 9 heteroatoms. The largest absolute Gasteiger partial charge is 0.354 e. The molecular formula is C30H36FN3O4S. The van der Waals surface area contributed by atoms with E-state index in [1.165, 1.54) is 41.3 Å². The van der Waals surface area contributed by atoms with Gasteiger partial charge in [-0.2, -0.15) is 0 Å². The minimum absolute atomic E-state index is 0.00773. The Balaban J connectivity index is 1.98. The van der Waals surface area contributed by atoms with Crippen LogP contribution in [-0.2, 0) is 26.2 Å². The summed E-state index contributed by atoms with van der Waals surface area (Å²) < 4.78 is 42.2. The molecule has 7 nitrogen and oxygen atoms in total. The van der Waals surface area contributed by atoms with Crippen LogP contribution in [0.2, 0.25) is 0 Å². The number of aryl methyl sites for hydroxylation is 2. The van der Waals surface area contributed by atoms with Crippen LogP contribution >= 0.6 is 0 Å². The fourth-order valence-corrected chi connectivity index (χ4v) is 5.40. The summed E-state index contributed by atoms with van der Waals surface area (Å²) in [5.74, 6) is -1.33. The Morgan fingerprint density at radius 1 is 0.897 bits per heavy atom. The van der Waals surface area contributed by atoms with Gasteiger partial charge in [0.2, 0.25) is 11.8 Å². The van der Waals surface area contributed by atoms with Crippen LogP contribution in [0.15, 0.2) is 77.7 Å². The second kappa shape index (κ2) is 13.4. The lowest BCUT2D eigenvalue weighted by Gasteiger charge is -2.32. The molecule has 39 heavy (non-hydrogen) atoms. The molecule has 0 saturated carbocycles. The number of rotatable bonds is 12. The first-order valence-electron chi connectivity index (χ1n) is 13.0. The summed E-state index contributed by atoms with van der Waals surface area (Å²) in [6, 6.07) is 18.0. The molecule has 3 aromatic rings. The Hall–Kier alpha value is -3.72. The molecule has 3 aromatic carbocycles. The Labute approximate surface area is 230 Å². The van der Waals surface area contributed by atoms with Crippen molar-refractivity contribution in [3.63, 3.8) is 0 Å². The Bertz CT molecular complexity index is 1360. The highest BCUT2D eigenvalue weighted by Crippen LogP contribution is 2.25. The van der Waals surface area contributed by atoms with Gasteiger partial charge in [-0.3, -0.25) is 13.9 Å². The van der Waals surface area contributed by atoms with Crippen LogP contribution in [-0.4, -0.2) is 44.3 Å². The van der Waals surface area contributed by atoms with Gasteiger partial charge in [0.25, 0.3) is 10.0 Å². The van der Waals surface area contributed by atoms with Crippen LogP contribution in [0.4, 0.5) is 10.1 Å². The average Bonchev–Trinajstić information content (AvgIpc) is 2.91. The summed E-state index contributed by atoms with van der Waals surface area (Å²) in [5, 5.41) is 2.84. The molecule has 0 spiro atoms. The average molecular weight is 554 g/mol. The normalized spacial score (nSPS) is 12.0. The van der Waals surface area contributed by atoms with E-state index < -0.39 is 34.3 Å². The first-order chi connectivity index (χ1) is 18.5. The van der Waals surface area contributed by atoms with Gasteiger partial charge >= 0.3 is 0 Å². The molecule has 0 heterocycles. The molecule has 0 saturated heterocycles. The number of nitrogens with zero attached hydrogens (tertiary/aromatic N) is 2. The number of benzene rings is 3. The molecule has 2 amide bonds. The molecule has 0 fully saturated rings. The van der Waals surface area contributed by atoms with Crippen molar-refractivity contribution in [1.29, 1.82) is 0 Å². The van der Waals surface area contributed by atoms with Crippen LogP contribution in [0.25, 0.3) is 0 Å². The van der Waals surface area contributed by atoms with Gasteiger partial charge in [0.05, 0.1) is 10.6 Å². The van der Waals surface area contributed by atoms with Gasteiger partial charge in [-0.25, -0.2) is 12.8 Å². The maximum Gasteiger partial charge on any atom is 0.264 e. The van der Waals surface area contributed by atoms with Crippen LogP contribution in [0, 0.1) is 19.7 Å². The SMILES string of the molecule is CCCCNC(=O)[C@H](C)N(Cc1ccc(F)cc1)C(=O)CN(c1ccc(C)cc1)S(=O)(=O)c1ccc(C)cc1. The number of hydrogen-bond donors (Lipinski definition) is 1. The quantitative estimate of drug-likeness (QED) is 0.321. The zero-order chi connectivity index (χ0) is 28.6. The van der Waals surface area contributed by atoms with Crippen molar-refractivity contribution < 1.29 is 22.4 Å². The Morgan fingerprint density at radius 3 is 2.03 bits per heavy atom. The first-order valence-corrected chi connectivity index (χ1v) is 14.4. The minimum atomic E-state index is -4.12. The van der Waals surface area contributed by atoms with Gasteiger partial charge in [-0.15, -0.1) is 0 Å². The molecule has 0 bridgehead atoms. The van der Waals surface area contributed by atoms with Crippen molar-refractivity contribution in [1.82, 2.24) is 10.2 Å². The maximum atomic E-state index is 13.8. The number of unbranched alkanes of at least 4 members (excludes halogenated alkanes) is 1. The fraction of sp³-hybridized carbons (Fsp3) is 0.333. The second-order valence-electron chi connectivity index (χ2n) is 9.63. The van der Waals surface area contributed by atoms with Crippen molar-refractivity contribution in [3.8, 4) is 0 Å². The summed E-state index contributed by atoms with van der Waals surface area (Å²) in [4.78, 5) is 28.2. The summed E-state index contributed by atoms with van der Waals surface area (Å²) in [6.07, 6.45) is 1.69. The van der Waals surface area contributed by atoms with Gasteiger partial charge in [0.15, 0.2) is 0 Å². The number of carbonyl (C=O) groups is 2. The number of anilines is 1. The van der Waals surface area contributed by atoms with E-state index in [1.807, 2.05) is 20.8 Å². The summed E-state index contributed by atoms with van der Waals surface area (Å²) in [6.45, 7) is 7.31. The van der Waals surface area contributed by atoms with Crippen molar-refractivity contribution >= 4 is 27.5 Å². The van der Waals surface area contributed by atoms with E-state index >= 15 is 0 Å². The molecule has 3 rings (SSSR count). The van der Waals surface area contributed by atoms with E-state index in [1.54, 1.807) is 43.3 Å². The first kappa shape index (κ1) is 29.8. The summed E-state index contributed by atoms with van der Waals surface area (Å²) in [5.41, 5.74) is 2.78. The monoisotopic (exact) mass is 553 g/mol. The zero-order valence-electron chi connectivity index (χ0n) is 22.9. The third kappa shape index (κ3) is 7.89. The number of carbonyl (C=O) groups excluding carboxylic acids is 2. The van der Waals surface area contributed by atoms with Gasteiger partial charge in [0, 0.05) is 13.1 Å².